The molecular formula is C8H7BN2O2S. The van der Waals surface area contributed by atoms with E-state index in [2.05, 4.69) is 4.98 Å². The van der Waals surface area contributed by atoms with E-state index in [0.29, 0.717) is 11.3 Å². The fourth-order valence-electron chi connectivity index (χ4n) is 1.17. The minimum Gasteiger partial charge on any atom is -0.472 e. The number of carbonyl (C=O) groups is 1. The van der Waals surface area contributed by atoms with Crippen LogP contribution in [0.15, 0.2) is 17.3 Å². The molecule has 0 saturated carbocycles. The number of nitrogens with zero attached hydrogens (tertiary/aromatic N) is 2. The normalized spacial score (nSPS) is 14.9. The number of aromatic nitrogens is 1. The minimum absolute atomic E-state index is 0.0755. The molecule has 0 N–H and O–H groups in total. The maximum atomic E-state index is 11.6. The van der Waals surface area contributed by atoms with Gasteiger partial charge in [0.2, 0.25) is 13.9 Å². The van der Waals surface area contributed by atoms with Crippen molar-refractivity contribution in [2.24, 2.45) is 0 Å². The van der Waals surface area contributed by atoms with E-state index in [1.807, 2.05) is 6.26 Å². The van der Waals surface area contributed by atoms with Crippen molar-refractivity contribution in [2.45, 2.75) is 5.03 Å². The van der Waals surface area contributed by atoms with E-state index < -0.39 is 0 Å². The van der Waals surface area contributed by atoms with Crippen molar-refractivity contribution in [1.29, 1.82) is 0 Å². The van der Waals surface area contributed by atoms with Crippen LogP contribution in [0.3, 0.4) is 0 Å². The van der Waals surface area contributed by atoms with Crippen molar-refractivity contribution < 1.29 is 9.53 Å². The Balaban J connectivity index is 2.46. The molecule has 0 atom stereocenters. The van der Waals surface area contributed by atoms with E-state index in [9.17, 15) is 4.79 Å². The van der Waals surface area contributed by atoms with Gasteiger partial charge in [-0.05, 0) is 12.3 Å². The van der Waals surface area contributed by atoms with Gasteiger partial charge in [-0.3, -0.25) is 4.79 Å². The monoisotopic (exact) mass is 206 g/mol. The van der Waals surface area contributed by atoms with Crippen LogP contribution < -0.4 is 4.74 Å². The molecular weight excluding hydrogens is 199 g/mol. The highest BCUT2D eigenvalue weighted by Crippen LogP contribution is 2.26. The number of thioether (sulfide) groups is 1. The Kier molecular flexibility index (Phi) is 2.37. The zero-order valence-corrected chi connectivity index (χ0v) is 8.37. The highest BCUT2D eigenvalue weighted by molar-refractivity contribution is 7.98. The Labute approximate surface area is 87.1 Å². The van der Waals surface area contributed by atoms with Gasteiger partial charge in [-0.1, -0.05) is 0 Å². The second-order valence-electron chi connectivity index (χ2n) is 2.77. The molecule has 14 heavy (non-hydrogen) atoms. The maximum absolute atomic E-state index is 11.6. The lowest BCUT2D eigenvalue weighted by molar-refractivity contribution is 0.0720. The summed E-state index contributed by atoms with van der Waals surface area (Å²) in [5.74, 6) is 0.262. The summed E-state index contributed by atoms with van der Waals surface area (Å²) in [6, 6.07) is 1.68. The lowest BCUT2D eigenvalue weighted by Crippen LogP contribution is -2.36. The summed E-state index contributed by atoms with van der Waals surface area (Å²) in [5.41, 5.74) is 0.470. The van der Waals surface area contributed by atoms with Crippen LogP contribution in [0.25, 0.3) is 0 Å². The van der Waals surface area contributed by atoms with Crippen LogP contribution in [0.2, 0.25) is 0 Å². The average molecular weight is 206 g/mol. The van der Waals surface area contributed by atoms with Crippen molar-refractivity contribution in [3.63, 3.8) is 0 Å². The molecule has 1 aromatic rings. The Hall–Kier alpha value is -1.17. The smallest absolute Gasteiger partial charge is 0.247 e. The van der Waals surface area contributed by atoms with E-state index in [1.165, 1.54) is 11.8 Å². The van der Waals surface area contributed by atoms with Crippen LogP contribution in [-0.4, -0.2) is 36.7 Å². The van der Waals surface area contributed by atoms with Gasteiger partial charge < -0.3 is 9.55 Å². The Morgan fingerprint density at radius 2 is 2.50 bits per heavy atom. The number of ether oxygens (including phenoxy) is 1. The van der Waals surface area contributed by atoms with Crippen LogP contribution in [0.1, 0.15) is 10.4 Å². The molecule has 2 heterocycles. The first-order chi connectivity index (χ1) is 6.72. The average Bonchev–Trinajstić information content (AvgIpc) is 2.23. The summed E-state index contributed by atoms with van der Waals surface area (Å²) in [6.45, 7) is 0.0755. The van der Waals surface area contributed by atoms with Gasteiger partial charge in [-0.15, -0.1) is 11.8 Å². The Morgan fingerprint density at radius 1 is 1.71 bits per heavy atom. The maximum Gasteiger partial charge on any atom is 0.247 e. The summed E-state index contributed by atoms with van der Waals surface area (Å²) in [5, 5.41) is 0.774. The molecule has 1 aliphatic rings. The summed E-state index contributed by atoms with van der Waals surface area (Å²) >= 11 is 1.47. The number of amides is 1. The Morgan fingerprint density at radius 3 is 3.21 bits per heavy atom. The number of carbonyl (C=O) groups excluding carboxylic acids is 1. The van der Waals surface area contributed by atoms with Gasteiger partial charge in [0, 0.05) is 0 Å². The van der Waals surface area contributed by atoms with Gasteiger partial charge in [0.15, 0.2) is 12.5 Å². The van der Waals surface area contributed by atoms with Crippen molar-refractivity contribution in [3.8, 4) is 5.75 Å². The first kappa shape index (κ1) is 9.39. The van der Waals surface area contributed by atoms with Gasteiger partial charge in [-0.2, -0.15) is 0 Å². The van der Waals surface area contributed by atoms with Crippen LogP contribution >= 0.6 is 11.8 Å². The molecule has 0 fully saturated rings. The summed E-state index contributed by atoms with van der Waals surface area (Å²) in [7, 11) is 5.42. The van der Waals surface area contributed by atoms with Crippen molar-refractivity contribution in [1.82, 2.24) is 9.79 Å². The van der Waals surface area contributed by atoms with Crippen molar-refractivity contribution >= 4 is 25.7 Å². The minimum atomic E-state index is -0.232. The number of hydrogen-bond acceptors (Lipinski definition) is 4. The predicted octanol–water partition coefficient (Wildman–Crippen LogP) is 0.679. The highest BCUT2D eigenvalue weighted by Gasteiger charge is 2.22. The summed E-state index contributed by atoms with van der Waals surface area (Å²) < 4.78 is 5.21. The molecule has 0 aromatic carbocycles. The second kappa shape index (κ2) is 3.53. The van der Waals surface area contributed by atoms with Gasteiger partial charge in [0.05, 0.1) is 16.8 Å². The lowest BCUT2D eigenvalue weighted by Gasteiger charge is -2.25. The van der Waals surface area contributed by atoms with Gasteiger partial charge >= 0.3 is 0 Å². The lowest BCUT2D eigenvalue weighted by atomic mass is 10.1. The third-order valence-corrected chi connectivity index (χ3v) is 2.54. The molecule has 4 nitrogen and oxygen atoms in total. The highest BCUT2D eigenvalue weighted by atomic mass is 32.2. The predicted molar refractivity (Wildman–Crippen MR) is 53.4 cm³/mol. The third kappa shape index (κ3) is 1.46. The van der Waals surface area contributed by atoms with Crippen LogP contribution in [0.4, 0.5) is 0 Å². The zero-order chi connectivity index (χ0) is 10.1. The number of rotatable bonds is 1. The molecule has 1 amide bonds. The fraction of sp³-hybridized carbons (Fsp3) is 0.250. The van der Waals surface area contributed by atoms with Crippen LogP contribution in [0.5, 0.6) is 5.75 Å². The summed E-state index contributed by atoms with van der Waals surface area (Å²) in [4.78, 5) is 16.7. The molecule has 2 radical (unpaired) electrons. The van der Waals surface area contributed by atoms with E-state index in [4.69, 9.17) is 12.7 Å². The quantitative estimate of drug-likeness (QED) is 0.500. The molecule has 2 rings (SSSR count). The molecule has 1 aromatic heterocycles. The van der Waals surface area contributed by atoms with E-state index in [1.54, 1.807) is 12.3 Å². The molecule has 0 aliphatic carbocycles. The topological polar surface area (TPSA) is 42.4 Å². The number of pyridine rings is 1. The molecule has 0 unspecified atom stereocenters. The van der Waals surface area contributed by atoms with E-state index in [-0.39, 0.29) is 12.6 Å². The standard InChI is InChI=1S/C8H7BN2O2S/c1-14-7-2-5-6(3-10-7)13-4-11(9)8(5)12/h2-3H,4H2,1H3. The molecule has 70 valence electrons. The van der Waals surface area contributed by atoms with E-state index in [0.717, 1.165) is 9.84 Å². The molecule has 1 aliphatic heterocycles. The second-order valence-corrected chi connectivity index (χ2v) is 3.60. The van der Waals surface area contributed by atoms with E-state index >= 15 is 0 Å². The SMILES string of the molecule is [B]N1COc2cnc(SC)cc2C1=O. The van der Waals surface area contributed by atoms with Gasteiger partial charge in [0.1, 0.15) is 0 Å². The van der Waals surface area contributed by atoms with Crippen molar-refractivity contribution in [2.75, 3.05) is 13.0 Å². The van der Waals surface area contributed by atoms with Crippen LogP contribution in [-0.2, 0) is 0 Å². The molecule has 0 spiro atoms. The van der Waals surface area contributed by atoms with Crippen molar-refractivity contribution in [3.05, 3.63) is 17.8 Å². The summed E-state index contributed by atoms with van der Waals surface area (Å²) in [6.07, 6.45) is 3.44. The largest absolute Gasteiger partial charge is 0.472 e. The van der Waals surface area contributed by atoms with Gasteiger partial charge in [0.25, 0.3) is 0 Å². The first-order valence-electron chi connectivity index (χ1n) is 3.96. The van der Waals surface area contributed by atoms with Crippen LogP contribution in [0, 0.1) is 0 Å². The number of hydrogen-bond donors (Lipinski definition) is 0. The zero-order valence-electron chi connectivity index (χ0n) is 7.56. The van der Waals surface area contributed by atoms with Gasteiger partial charge in [-0.25, -0.2) is 4.98 Å². The fourth-order valence-corrected chi connectivity index (χ4v) is 1.56. The molecule has 0 bridgehead atoms. The molecule has 0 saturated heterocycles. The first-order valence-corrected chi connectivity index (χ1v) is 5.18. The third-order valence-electron chi connectivity index (χ3n) is 1.90. The Bertz CT molecular complexity index is 386. The molecule has 6 heteroatoms. The number of fused-ring (bicyclic) bond motifs is 1.